The van der Waals surface area contributed by atoms with Crippen LogP contribution in [0.5, 0.6) is 0 Å². The molecule has 5 nitrogen and oxygen atoms in total. The second kappa shape index (κ2) is 8.99. The first-order valence-corrected chi connectivity index (χ1v) is 11.0. The van der Waals surface area contributed by atoms with Crippen molar-refractivity contribution in [2.45, 2.75) is 63.1 Å². The highest BCUT2D eigenvalue weighted by molar-refractivity contribution is 6.30. The maximum absolute atomic E-state index is 11.4. The number of aryl methyl sites for hydroxylation is 2. The van der Waals surface area contributed by atoms with E-state index in [1.807, 2.05) is 23.9 Å². The Balaban J connectivity index is 1.43. The Morgan fingerprint density at radius 2 is 1.93 bits per heavy atom. The summed E-state index contributed by atoms with van der Waals surface area (Å²) in [5.41, 5.74) is 3.70. The van der Waals surface area contributed by atoms with Crippen molar-refractivity contribution in [2.24, 2.45) is 7.05 Å². The van der Waals surface area contributed by atoms with Crippen molar-refractivity contribution >= 4 is 17.9 Å². The van der Waals surface area contributed by atoms with Crippen LogP contribution in [-0.2, 0) is 23.0 Å². The third-order valence-corrected chi connectivity index (χ3v) is 6.87. The molecule has 0 radical (unpaired) electrons. The maximum atomic E-state index is 11.4. The predicted molar refractivity (Wildman–Crippen MR) is 114 cm³/mol. The lowest BCUT2D eigenvalue weighted by atomic mass is 9.82. The third kappa shape index (κ3) is 4.73. The molecular weight excluding hydrogens is 386 g/mol. The van der Waals surface area contributed by atoms with Crippen LogP contribution >= 0.6 is 11.6 Å². The van der Waals surface area contributed by atoms with Gasteiger partial charge < -0.3 is 9.53 Å². The first kappa shape index (κ1) is 20.6. The normalized spacial score (nSPS) is 28.4. The topological polar surface area (TPSA) is 47.4 Å². The smallest absolute Gasteiger partial charge is 0.150 e. The molecule has 2 aromatic rings. The van der Waals surface area contributed by atoms with E-state index in [1.165, 1.54) is 17.0 Å². The molecule has 2 fully saturated rings. The number of carbonyl (C=O) groups excluding carboxylic acids is 1. The second-order valence-corrected chi connectivity index (χ2v) is 8.97. The highest BCUT2D eigenvalue weighted by Gasteiger charge is 2.36. The minimum Gasteiger partial charge on any atom is -0.368 e. The summed E-state index contributed by atoms with van der Waals surface area (Å²) in [6.07, 6.45) is 6.14. The van der Waals surface area contributed by atoms with Gasteiger partial charge >= 0.3 is 0 Å². The Morgan fingerprint density at radius 1 is 1.21 bits per heavy atom. The van der Waals surface area contributed by atoms with Gasteiger partial charge in [-0.25, -0.2) is 0 Å². The van der Waals surface area contributed by atoms with Crippen molar-refractivity contribution in [1.82, 2.24) is 14.7 Å². The van der Waals surface area contributed by atoms with Gasteiger partial charge in [0.15, 0.2) is 0 Å². The summed E-state index contributed by atoms with van der Waals surface area (Å²) in [5, 5.41) is 5.46. The van der Waals surface area contributed by atoms with Gasteiger partial charge in [-0.05, 0) is 62.8 Å². The predicted octanol–water partition coefficient (Wildman–Crippen LogP) is 3.92. The molecule has 0 N–H and O–H groups in total. The minimum atomic E-state index is -0.312. The molecule has 2 unspecified atom stereocenters. The number of benzene rings is 1. The molecule has 1 aliphatic carbocycles. The Morgan fingerprint density at radius 3 is 2.55 bits per heavy atom. The zero-order valence-electron chi connectivity index (χ0n) is 17.3. The van der Waals surface area contributed by atoms with Crippen molar-refractivity contribution in [1.29, 1.82) is 0 Å². The number of hydrogen-bond acceptors (Lipinski definition) is 4. The van der Waals surface area contributed by atoms with Gasteiger partial charge in [-0.3, -0.25) is 9.58 Å². The first-order valence-electron chi connectivity index (χ1n) is 10.6. The molecule has 0 bridgehead atoms. The van der Waals surface area contributed by atoms with Gasteiger partial charge in [-0.2, -0.15) is 5.10 Å². The van der Waals surface area contributed by atoms with E-state index in [9.17, 15) is 4.79 Å². The van der Waals surface area contributed by atoms with Crippen molar-refractivity contribution < 1.29 is 9.53 Å². The highest BCUT2D eigenvalue weighted by Crippen LogP contribution is 2.36. The van der Waals surface area contributed by atoms with Crippen LogP contribution in [0.15, 0.2) is 30.3 Å². The van der Waals surface area contributed by atoms with E-state index in [-0.39, 0.29) is 6.10 Å². The van der Waals surface area contributed by atoms with Gasteiger partial charge in [-0.15, -0.1) is 0 Å². The molecule has 0 spiro atoms. The molecule has 0 amide bonds. The van der Waals surface area contributed by atoms with E-state index in [0.717, 1.165) is 43.4 Å². The number of aromatic nitrogens is 2. The third-order valence-electron chi connectivity index (χ3n) is 6.62. The largest absolute Gasteiger partial charge is 0.368 e. The fraction of sp³-hybridized carbons (Fsp3) is 0.565. The summed E-state index contributed by atoms with van der Waals surface area (Å²) in [7, 11) is 2.01. The molecule has 1 saturated heterocycles. The summed E-state index contributed by atoms with van der Waals surface area (Å²) in [5.74, 6) is 0.545. The van der Waals surface area contributed by atoms with Gasteiger partial charge in [-0.1, -0.05) is 23.7 Å². The van der Waals surface area contributed by atoms with Crippen LogP contribution < -0.4 is 0 Å². The quantitative estimate of drug-likeness (QED) is 0.694. The van der Waals surface area contributed by atoms with Crippen LogP contribution in [0.4, 0.5) is 0 Å². The number of hydrogen-bond donors (Lipinski definition) is 0. The molecule has 1 saturated carbocycles. The lowest BCUT2D eigenvalue weighted by molar-refractivity contribution is -0.131. The van der Waals surface area contributed by atoms with Crippen molar-refractivity contribution in [2.75, 3.05) is 13.2 Å². The van der Waals surface area contributed by atoms with Crippen molar-refractivity contribution in [3.8, 4) is 0 Å². The van der Waals surface area contributed by atoms with E-state index in [0.29, 0.717) is 31.2 Å². The fourth-order valence-electron chi connectivity index (χ4n) is 4.83. The molecule has 2 atom stereocenters. The molecule has 1 aromatic heterocycles. The van der Waals surface area contributed by atoms with Crippen LogP contribution in [0.3, 0.4) is 0 Å². The molecule has 4 rings (SSSR count). The molecule has 1 aliphatic heterocycles. The zero-order chi connectivity index (χ0) is 20.4. The number of halogens is 1. The molecule has 6 heteroatoms. The average molecular weight is 416 g/mol. The molecule has 1 aromatic carbocycles. The van der Waals surface area contributed by atoms with Gasteiger partial charge in [0.1, 0.15) is 12.4 Å². The van der Waals surface area contributed by atoms with Gasteiger partial charge in [0.2, 0.25) is 0 Å². The summed E-state index contributed by atoms with van der Waals surface area (Å²) in [6, 6.07) is 11.1. The SMILES string of the molecule is Cc1cc(C2CCC(N3CC(C=O)OCC3Cc3ccc(Cl)cc3)CC2)nn1C. The average Bonchev–Trinajstić information content (AvgIpc) is 3.08. The van der Waals surface area contributed by atoms with Gasteiger partial charge in [0, 0.05) is 42.3 Å². The molecule has 29 heavy (non-hydrogen) atoms. The van der Waals surface area contributed by atoms with Crippen LogP contribution in [0, 0.1) is 6.92 Å². The lowest BCUT2D eigenvalue weighted by Gasteiger charge is -2.45. The summed E-state index contributed by atoms with van der Waals surface area (Å²) in [6.45, 7) is 3.40. The van der Waals surface area contributed by atoms with Crippen LogP contribution in [0.25, 0.3) is 0 Å². The van der Waals surface area contributed by atoms with E-state index in [4.69, 9.17) is 21.4 Å². The first-order chi connectivity index (χ1) is 14.0. The Labute approximate surface area is 178 Å². The van der Waals surface area contributed by atoms with Crippen LogP contribution in [0.2, 0.25) is 5.02 Å². The molecule has 2 heterocycles. The van der Waals surface area contributed by atoms with Crippen molar-refractivity contribution in [3.05, 3.63) is 52.3 Å². The van der Waals surface area contributed by atoms with Crippen molar-refractivity contribution in [3.63, 3.8) is 0 Å². The van der Waals surface area contributed by atoms with E-state index < -0.39 is 0 Å². The molecular formula is C23H30ClN3O2. The Hall–Kier alpha value is -1.69. The van der Waals surface area contributed by atoms with Crippen LogP contribution in [0.1, 0.15) is 48.6 Å². The Bertz CT molecular complexity index is 808. The number of nitrogens with zero attached hydrogens (tertiary/aromatic N) is 3. The summed E-state index contributed by atoms with van der Waals surface area (Å²) < 4.78 is 7.79. The fourth-order valence-corrected chi connectivity index (χ4v) is 4.96. The van der Waals surface area contributed by atoms with E-state index >= 15 is 0 Å². The maximum Gasteiger partial charge on any atom is 0.150 e. The molecule has 156 valence electrons. The second-order valence-electron chi connectivity index (χ2n) is 8.53. The zero-order valence-corrected chi connectivity index (χ0v) is 18.0. The van der Waals surface area contributed by atoms with Crippen LogP contribution in [-0.4, -0.2) is 52.3 Å². The summed E-state index contributed by atoms with van der Waals surface area (Å²) >= 11 is 6.04. The lowest BCUT2D eigenvalue weighted by Crippen LogP contribution is -2.55. The summed E-state index contributed by atoms with van der Waals surface area (Å²) in [4.78, 5) is 13.9. The molecule has 2 aliphatic rings. The van der Waals surface area contributed by atoms with E-state index in [1.54, 1.807) is 0 Å². The van der Waals surface area contributed by atoms with Gasteiger partial charge in [0.25, 0.3) is 0 Å². The van der Waals surface area contributed by atoms with E-state index in [2.05, 4.69) is 30.0 Å². The number of ether oxygens (including phenoxy) is 1. The van der Waals surface area contributed by atoms with Gasteiger partial charge in [0.05, 0.1) is 12.3 Å². The Kier molecular flexibility index (Phi) is 6.38. The minimum absolute atomic E-state index is 0.297. The number of rotatable bonds is 5. The monoisotopic (exact) mass is 415 g/mol. The number of morpholine rings is 1. The highest BCUT2D eigenvalue weighted by atomic mass is 35.5. The number of aldehydes is 1. The standard InChI is InChI=1S/C23H30ClN3O2/c1-16-11-23(25-26(16)2)18-5-9-20(10-6-18)27-13-22(14-28)29-15-21(27)12-17-3-7-19(24)8-4-17/h3-4,7-8,11,14,18,20-22H,5-6,9-10,12-13,15H2,1-2H3. The number of carbonyl (C=O) groups is 1.